The number of alkyl halides is 3. The van der Waals surface area contributed by atoms with Gasteiger partial charge in [-0.15, -0.1) is 0 Å². The Hall–Kier alpha value is -3.33. The van der Waals surface area contributed by atoms with E-state index in [0.29, 0.717) is 5.56 Å². The van der Waals surface area contributed by atoms with Gasteiger partial charge < -0.3 is 14.2 Å². The number of rotatable bonds is 6. The summed E-state index contributed by atoms with van der Waals surface area (Å²) in [5.41, 5.74) is 1.08. The van der Waals surface area contributed by atoms with E-state index >= 15 is 0 Å². The van der Waals surface area contributed by atoms with Crippen LogP contribution in [0.5, 0.6) is 23.1 Å². The quantitative estimate of drug-likeness (QED) is 0.218. The molecule has 0 N–H and O–H groups in total. The lowest BCUT2D eigenvalue weighted by Crippen LogP contribution is -2.31. The largest absolute Gasteiger partial charge is 0.464 e. The van der Waals surface area contributed by atoms with Crippen LogP contribution >= 0.6 is 11.6 Å². The lowest BCUT2D eigenvalue weighted by atomic mass is 10.1. The van der Waals surface area contributed by atoms with Gasteiger partial charge >= 0.3 is 12.1 Å². The molecule has 0 unspecified atom stereocenters. The minimum Gasteiger partial charge on any atom is -0.464 e. The Morgan fingerprint density at radius 2 is 1.73 bits per heavy atom. The van der Waals surface area contributed by atoms with Crippen LogP contribution < -0.4 is 14.2 Å². The highest BCUT2D eigenvalue weighted by molar-refractivity contribution is 6.31. The van der Waals surface area contributed by atoms with Gasteiger partial charge in [-0.25, -0.2) is 14.2 Å². The molecular formula is C23H18ClF4NO4. The maximum absolute atomic E-state index is 14.6. The molecule has 0 spiro atoms. The summed E-state index contributed by atoms with van der Waals surface area (Å²) in [6, 6.07) is 10.1. The summed E-state index contributed by atoms with van der Waals surface area (Å²) in [4.78, 5) is 16.1. The van der Waals surface area contributed by atoms with Crippen molar-refractivity contribution in [3.63, 3.8) is 0 Å². The number of benzene rings is 2. The van der Waals surface area contributed by atoms with E-state index in [2.05, 4.69) is 4.98 Å². The number of pyridine rings is 1. The number of hydrogen-bond donors (Lipinski definition) is 0. The molecule has 3 aromatic rings. The first-order valence-electron chi connectivity index (χ1n) is 9.60. The van der Waals surface area contributed by atoms with E-state index in [1.165, 1.54) is 12.1 Å². The molecule has 2 aromatic carbocycles. The van der Waals surface area contributed by atoms with E-state index in [1.807, 2.05) is 6.92 Å². The van der Waals surface area contributed by atoms with Crippen LogP contribution in [0.1, 0.15) is 28.4 Å². The van der Waals surface area contributed by atoms with Gasteiger partial charge in [0.25, 0.3) is 0 Å². The highest BCUT2D eigenvalue weighted by Crippen LogP contribution is 2.33. The summed E-state index contributed by atoms with van der Waals surface area (Å²) < 4.78 is 68.0. The number of carbonyl (C=O) groups excluding carboxylic acids is 1. The molecule has 0 aliphatic carbocycles. The number of nitrogens with zero attached hydrogens (tertiary/aromatic N) is 1. The molecule has 33 heavy (non-hydrogen) atoms. The van der Waals surface area contributed by atoms with Crippen molar-refractivity contribution in [1.29, 1.82) is 0 Å². The zero-order valence-corrected chi connectivity index (χ0v) is 18.4. The predicted octanol–water partition coefficient (Wildman–Crippen LogP) is 6.83. The third-order valence-electron chi connectivity index (χ3n) is 4.48. The molecular weight excluding hydrogens is 466 g/mol. The highest BCUT2D eigenvalue weighted by atomic mass is 35.5. The van der Waals surface area contributed by atoms with E-state index in [4.69, 9.17) is 25.8 Å². The smallest absolute Gasteiger partial charge is 0.425 e. The second-order valence-corrected chi connectivity index (χ2v) is 7.57. The fourth-order valence-electron chi connectivity index (χ4n) is 2.61. The van der Waals surface area contributed by atoms with Crippen molar-refractivity contribution in [2.75, 3.05) is 0 Å². The van der Waals surface area contributed by atoms with Gasteiger partial charge in [0.1, 0.15) is 28.1 Å². The molecule has 1 aromatic heterocycles. The standard InChI is InChI=1S/C23H18ClF4NO4/c1-12-4-6-15(7-5-12)33-22(30)17-8-13(2)20(10-19(17)25)32-16-9-18(24)21(29-11-16)31-14(3)23(26,27)28/h4-11,14H,1-3H3/t14-/m1/s1. The van der Waals surface area contributed by atoms with Crippen LogP contribution in [0.3, 0.4) is 0 Å². The summed E-state index contributed by atoms with van der Waals surface area (Å²) in [5, 5.41) is -0.222. The molecule has 1 atom stereocenters. The number of ether oxygens (including phenoxy) is 3. The predicted molar refractivity (Wildman–Crippen MR) is 113 cm³/mol. The summed E-state index contributed by atoms with van der Waals surface area (Å²) in [7, 11) is 0. The topological polar surface area (TPSA) is 57.7 Å². The van der Waals surface area contributed by atoms with Gasteiger partial charge in [-0.2, -0.15) is 13.2 Å². The second kappa shape index (κ2) is 9.66. The van der Waals surface area contributed by atoms with Gasteiger partial charge in [0.15, 0.2) is 6.10 Å². The number of esters is 1. The number of carbonyl (C=O) groups is 1. The molecule has 0 amide bonds. The molecule has 0 fully saturated rings. The number of aryl methyl sites for hydroxylation is 2. The first-order chi connectivity index (χ1) is 15.4. The molecule has 0 aliphatic rings. The Balaban J connectivity index is 1.75. The van der Waals surface area contributed by atoms with Gasteiger partial charge in [-0.05, 0) is 44.5 Å². The minimum atomic E-state index is -4.59. The van der Waals surface area contributed by atoms with Gasteiger partial charge in [-0.3, -0.25) is 0 Å². The summed E-state index contributed by atoms with van der Waals surface area (Å²) in [5.74, 6) is -1.84. The third kappa shape index (κ3) is 6.13. The Morgan fingerprint density at radius 3 is 2.33 bits per heavy atom. The lowest BCUT2D eigenvalue weighted by molar-refractivity contribution is -0.189. The average Bonchev–Trinajstić information content (AvgIpc) is 2.73. The summed E-state index contributed by atoms with van der Waals surface area (Å²) in [6.45, 7) is 4.27. The Labute approximate surface area is 191 Å². The fourth-order valence-corrected chi connectivity index (χ4v) is 2.81. The lowest BCUT2D eigenvalue weighted by Gasteiger charge is -2.18. The summed E-state index contributed by atoms with van der Waals surface area (Å²) in [6.07, 6.45) is -5.61. The van der Waals surface area contributed by atoms with Crippen LogP contribution in [0.15, 0.2) is 48.7 Å². The van der Waals surface area contributed by atoms with Crippen LogP contribution in [0.4, 0.5) is 17.6 Å². The molecule has 0 aliphatic heterocycles. The second-order valence-electron chi connectivity index (χ2n) is 7.16. The van der Waals surface area contributed by atoms with Crippen LogP contribution in [0, 0.1) is 19.7 Å². The van der Waals surface area contributed by atoms with Crippen molar-refractivity contribution in [3.8, 4) is 23.1 Å². The molecule has 0 radical (unpaired) electrons. The zero-order chi connectivity index (χ0) is 24.3. The van der Waals surface area contributed by atoms with Gasteiger partial charge in [-0.1, -0.05) is 29.3 Å². The van der Waals surface area contributed by atoms with Crippen LogP contribution in [0.25, 0.3) is 0 Å². The van der Waals surface area contributed by atoms with Crippen LogP contribution in [-0.2, 0) is 0 Å². The van der Waals surface area contributed by atoms with Crippen LogP contribution in [-0.4, -0.2) is 23.2 Å². The minimum absolute atomic E-state index is 0.0319. The molecule has 1 heterocycles. The molecule has 0 saturated heterocycles. The van der Waals surface area contributed by atoms with Crippen molar-refractivity contribution in [2.45, 2.75) is 33.1 Å². The molecule has 3 rings (SSSR count). The van der Waals surface area contributed by atoms with Crippen molar-refractivity contribution in [3.05, 3.63) is 76.2 Å². The first kappa shape index (κ1) is 24.3. The van der Waals surface area contributed by atoms with Crippen molar-refractivity contribution >= 4 is 17.6 Å². The normalized spacial score (nSPS) is 12.2. The third-order valence-corrected chi connectivity index (χ3v) is 4.75. The van der Waals surface area contributed by atoms with Crippen molar-refractivity contribution in [2.24, 2.45) is 0 Å². The molecule has 5 nitrogen and oxygen atoms in total. The number of aromatic nitrogens is 1. The average molecular weight is 484 g/mol. The monoisotopic (exact) mass is 483 g/mol. The zero-order valence-electron chi connectivity index (χ0n) is 17.7. The van der Waals surface area contributed by atoms with Gasteiger partial charge in [0.05, 0.1) is 11.8 Å². The Morgan fingerprint density at radius 1 is 1.06 bits per heavy atom. The summed E-state index contributed by atoms with van der Waals surface area (Å²) >= 11 is 5.94. The Kier molecular flexibility index (Phi) is 7.12. The SMILES string of the molecule is Cc1ccc(OC(=O)c2cc(C)c(Oc3cnc(O[C@H](C)C(F)(F)F)c(Cl)c3)cc2F)cc1. The van der Waals surface area contributed by atoms with Crippen molar-refractivity contribution in [1.82, 2.24) is 4.98 Å². The van der Waals surface area contributed by atoms with E-state index in [1.54, 1.807) is 31.2 Å². The molecule has 0 saturated carbocycles. The van der Waals surface area contributed by atoms with E-state index < -0.39 is 29.9 Å². The van der Waals surface area contributed by atoms with E-state index in [9.17, 15) is 22.4 Å². The maximum Gasteiger partial charge on any atom is 0.425 e. The van der Waals surface area contributed by atoms with Gasteiger partial charge in [0.2, 0.25) is 5.88 Å². The van der Waals surface area contributed by atoms with E-state index in [-0.39, 0.29) is 27.8 Å². The number of halogens is 5. The number of hydrogen-bond acceptors (Lipinski definition) is 5. The molecule has 0 bridgehead atoms. The van der Waals surface area contributed by atoms with Crippen molar-refractivity contribution < 1.29 is 36.6 Å². The van der Waals surface area contributed by atoms with E-state index in [0.717, 1.165) is 24.8 Å². The first-order valence-corrected chi connectivity index (χ1v) is 9.97. The molecule has 10 heteroatoms. The fraction of sp³-hybridized carbons (Fsp3) is 0.217. The highest BCUT2D eigenvalue weighted by Gasteiger charge is 2.38. The van der Waals surface area contributed by atoms with Crippen LogP contribution in [0.2, 0.25) is 5.02 Å². The maximum atomic E-state index is 14.6. The Bertz CT molecular complexity index is 1170. The molecule has 174 valence electrons. The van der Waals surface area contributed by atoms with Gasteiger partial charge in [0, 0.05) is 12.1 Å².